The van der Waals surface area contributed by atoms with Gasteiger partial charge in [-0.1, -0.05) is 49.4 Å². The Balaban J connectivity index is 0.00000289. The Labute approximate surface area is 214 Å². The van der Waals surface area contributed by atoms with E-state index in [1.807, 2.05) is 48.5 Å². The van der Waals surface area contributed by atoms with Crippen LogP contribution in [0.4, 0.5) is 5.13 Å². The van der Waals surface area contributed by atoms with Crippen LogP contribution in [0.1, 0.15) is 24.2 Å². The van der Waals surface area contributed by atoms with Crippen LogP contribution in [-0.2, 0) is 0 Å². The number of carbonyl (C=O) groups excluding carboxylic acids is 1. The molecular formula is C26H28ClN3O4S. The number of benzene rings is 3. The Morgan fingerprint density at radius 1 is 1.03 bits per heavy atom. The molecule has 35 heavy (non-hydrogen) atoms. The van der Waals surface area contributed by atoms with Gasteiger partial charge in [-0.25, -0.2) is 4.98 Å². The number of aromatic nitrogens is 1. The fraction of sp³-hybridized carbons (Fsp3) is 0.308. The van der Waals surface area contributed by atoms with Gasteiger partial charge in [-0.3, -0.25) is 9.69 Å². The monoisotopic (exact) mass is 513 g/mol. The first-order chi connectivity index (χ1) is 16.6. The smallest absolute Gasteiger partial charge is 0.263 e. The maximum atomic E-state index is 14.0. The highest BCUT2D eigenvalue weighted by Crippen LogP contribution is 2.40. The van der Waals surface area contributed by atoms with Crippen LogP contribution in [0.5, 0.6) is 17.2 Å². The van der Waals surface area contributed by atoms with Gasteiger partial charge in [0.2, 0.25) is 6.79 Å². The van der Waals surface area contributed by atoms with Crippen LogP contribution < -0.4 is 19.1 Å². The minimum Gasteiger partial charge on any atom is -0.496 e. The predicted molar refractivity (Wildman–Crippen MR) is 143 cm³/mol. The Kier molecular flexibility index (Phi) is 7.64. The minimum absolute atomic E-state index is 0. The van der Waals surface area contributed by atoms with Crippen molar-refractivity contribution in [1.82, 2.24) is 9.88 Å². The van der Waals surface area contributed by atoms with Gasteiger partial charge in [0.25, 0.3) is 5.91 Å². The van der Waals surface area contributed by atoms with E-state index in [1.165, 1.54) is 11.3 Å². The molecule has 0 fully saturated rings. The summed E-state index contributed by atoms with van der Waals surface area (Å²) >= 11 is 1.48. The molecule has 9 heteroatoms. The number of thiazole rings is 1. The maximum Gasteiger partial charge on any atom is 0.263 e. The zero-order chi connectivity index (χ0) is 23.7. The van der Waals surface area contributed by atoms with Gasteiger partial charge in [0.1, 0.15) is 5.75 Å². The molecule has 7 nitrogen and oxygen atoms in total. The van der Waals surface area contributed by atoms with Gasteiger partial charge >= 0.3 is 0 Å². The lowest BCUT2D eigenvalue weighted by atomic mass is 10.0. The van der Waals surface area contributed by atoms with Gasteiger partial charge in [-0.2, -0.15) is 0 Å². The zero-order valence-electron chi connectivity index (χ0n) is 19.9. The number of anilines is 1. The van der Waals surface area contributed by atoms with E-state index in [-0.39, 0.29) is 25.1 Å². The van der Waals surface area contributed by atoms with Gasteiger partial charge in [0, 0.05) is 25.2 Å². The van der Waals surface area contributed by atoms with Crippen molar-refractivity contribution in [2.75, 3.05) is 45.0 Å². The number of methoxy groups -OCH3 is 1. The molecule has 0 unspecified atom stereocenters. The molecule has 0 saturated carbocycles. The van der Waals surface area contributed by atoms with E-state index in [2.05, 4.69) is 18.7 Å². The lowest BCUT2D eigenvalue weighted by Crippen LogP contribution is -2.39. The van der Waals surface area contributed by atoms with E-state index >= 15 is 0 Å². The molecule has 2 heterocycles. The summed E-state index contributed by atoms with van der Waals surface area (Å²) in [5.74, 6) is 1.81. The number of likely N-dealkylation sites (N-methyl/N-ethyl adjacent to an activating group) is 1. The molecule has 0 spiro atoms. The summed E-state index contributed by atoms with van der Waals surface area (Å²) < 4.78 is 17.6. The summed E-state index contributed by atoms with van der Waals surface area (Å²) in [7, 11) is 1.60. The van der Waals surface area contributed by atoms with E-state index in [1.54, 1.807) is 12.0 Å². The van der Waals surface area contributed by atoms with E-state index in [4.69, 9.17) is 19.2 Å². The fourth-order valence-corrected chi connectivity index (χ4v) is 5.19. The average molecular weight is 514 g/mol. The summed E-state index contributed by atoms with van der Waals surface area (Å²) in [4.78, 5) is 22.9. The standard InChI is InChI=1S/C26H27N3O4S.ClH/c1-4-28(5-2)10-11-29(26-27-20-14-22-23(33-16-32-22)15-24(20)34-26)25(30)19-12-17-8-6-7-9-18(17)13-21(19)31-3;/h6-9,12-15H,4-5,10-11,16H2,1-3H3;1H. The highest BCUT2D eigenvalue weighted by atomic mass is 35.5. The lowest BCUT2D eigenvalue weighted by Gasteiger charge is -2.25. The van der Waals surface area contributed by atoms with Gasteiger partial charge in [-0.15, -0.1) is 12.4 Å². The maximum absolute atomic E-state index is 14.0. The summed E-state index contributed by atoms with van der Waals surface area (Å²) in [6, 6.07) is 15.6. The molecular weight excluding hydrogens is 486 g/mol. The van der Waals surface area contributed by atoms with E-state index in [0.29, 0.717) is 34.5 Å². The third-order valence-corrected chi connectivity index (χ3v) is 7.22. The Bertz CT molecular complexity index is 1310. The van der Waals surface area contributed by atoms with Crippen LogP contribution in [0.2, 0.25) is 0 Å². The highest BCUT2D eigenvalue weighted by molar-refractivity contribution is 7.22. The molecule has 1 aliphatic rings. The Morgan fingerprint density at radius 2 is 1.71 bits per heavy atom. The molecule has 3 aromatic carbocycles. The molecule has 1 aromatic heterocycles. The fourth-order valence-electron chi connectivity index (χ4n) is 4.19. The van der Waals surface area contributed by atoms with Crippen LogP contribution >= 0.6 is 23.7 Å². The summed E-state index contributed by atoms with van der Waals surface area (Å²) in [6.45, 7) is 7.56. The topological polar surface area (TPSA) is 64.1 Å². The van der Waals surface area contributed by atoms with Crippen molar-refractivity contribution in [1.29, 1.82) is 0 Å². The first-order valence-electron chi connectivity index (χ1n) is 11.4. The second-order valence-electron chi connectivity index (χ2n) is 8.05. The number of halogens is 1. The first kappa shape index (κ1) is 25.0. The number of fused-ring (bicyclic) bond motifs is 3. The largest absolute Gasteiger partial charge is 0.496 e. The molecule has 0 bridgehead atoms. The van der Waals surface area contributed by atoms with Crippen LogP contribution in [0.15, 0.2) is 48.5 Å². The second-order valence-corrected chi connectivity index (χ2v) is 9.06. The number of nitrogens with zero attached hydrogens (tertiary/aromatic N) is 3. The number of rotatable bonds is 8. The zero-order valence-corrected chi connectivity index (χ0v) is 21.6. The third-order valence-electron chi connectivity index (χ3n) is 6.18. The van der Waals surface area contributed by atoms with Crippen LogP contribution in [0.25, 0.3) is 21.0 Å². The van der Waals surface area contributed by atoms with Gasteiger partial charge in [0.05, 0.1) is 22.9 Å². The summed E-state index contributed by atoms with van der Waals surface area (Å²) in [5, 5.41) is 2.66. The molecule has 0 radical (unpaired) electrons. The van der Waals surface area contributed by atoms with Crippen LogP contribution in [0.3, 0.4) is 0 Å². The van der Waals surface area contributed by atoms with Crippen molar-refractivity contribution in [3.8, 4) is 17.2 Å². The molecule has 184 valence electrons. The van der Waals surface area contributed by atoms with Crippen molar-refractivity contribution in [3.63, 3.8) is 0 Å². The predicted octanol–water partition coefficient (Wildman–Crippen LogP) is 5.60. The van der Waals surface area contributed by atoms with Crippen LogP contribution in [-0.4, -0.2) is 55.9 Å². The first-order valence-corrected chi connectivity index (χ1v) is 12.2. The molecule has 1 amide bonds. The van der Waals surface area contributed by atoms with Gasteiger partial charge < -0.3 is 19.1 Å². The molecule has 4 aromatic rings. The van der Waals surface area contributed by atoms with Crippen molar-refractivity contribution in [2.45, 2.75) is 13.8 Å². The summed E-state index contributed by atoms with van der Waals surface area (Å²) in [5.41, 5.74) is 1.31. The molecule has 1 aliphatic heterocycles. The Morgan fingerprint density at radius 3 is 2.40 bits per heavy atom. The number of amides is 1. The second kappa shape index (κ2) is 10.7. The molecule has 0 N–H and O–H groups in total. The highest BCUT2D eigenvalue weighted by Gasteiger charge is 2.26. The van der Waals surface area contributed by atoms with Crippen molar-refractivity contribution >= 4 is 55.8 Å². The molecule has 0 aliphatic carbocycles. The molecule has 0 saturated heterocycles. The normalized spacial score (nSPS) is 12.2. The van der Waals surface area contributed by atoms with Crippen molar-refractivity contribution < 1.29 is 19.0 Å². The van der Waals surface area contributed by atoms with Gasteiger partial charge in [0.15, 0.2) is 16.6 Å². The minimum atomic E-state index is -0.131. The third kappa shape index (κ3) is 4.87. The Hall–Kier alpha value is -3.07. The van der Waals surface area contributed by atoms with E-state index in [0.717, 1.165) is 40.6 Å². The van der Waals surface area contributed by atoms with Crippen molar-refractivity contribution in [3.05, 3.63) is 54.1 Å². The van der Waals surface area contributed by atoms with E-state index in [9.17, 15) is 4.79 Å². The lowest BCUT2D eigenvalue weighted by molar-refractivity contribution is 0.0981. The quantitative estimate of drug-likeness (QED) is 0.306. The number of hydrogen-bond acceptors (Lipinski definition) is 7. The number of carbonyl (C=O) groups is 1. The molecule has 0 atom stereocenters. The number of hydrogen-bond donors (Lipinski definition) is 0. The van der Waals surface area contributed by atoms with Crippen LogP contribution in [0, 0.1) is 0 Å². The molecule has 5 rings (SSSR count). The van der Waals surface area contributed by atoms with Gasteiger partial charge in [-0.05, 0) is 36.0 Å². The average Bonchev–Trinajstić information content (AvgIpc) is 3.49. The van der Waals surface area contributed by atoms with Crippen molar-refractivity contribution in [2.24, 2.45) is 0 Å². The SMILES string of the molecule is CCN(CC)CCN(C(=O)c1cc2ccccc2cc1OC)c1nc2cc3c(cc2s1)OCO3.Cl. The van der Waals surface area contributed by atoms with E-state index < -0.39 is 0 Å². The number of ether oxygens (including phenoxy) is 3. The summed E-state index contributed by atoms with van der Waals surface area (Å²) in [6.07, 6.45) is 0.